The van der Waals surface area contributed by atoms with Gasteiger partial charge in [0, 0.05) is 4.47 Å². The van der Waals surface area contributed by atoms with Gasteiger partial charge in [-0.15, -0.1) is 0 Å². The van der Waals surface area contributed by atoms with Gasteiger partial charge in [-0.3, -0.25) is 4.79 Å². The van der Waals surface area contributed by atoms with Crippen LogP contribution in [0.25, 0.3) is 0 Å². The van der Waals surface area contributed by atoms with Gasteiger partial charge in [0.1, 0.15) is 5.92 Å². The molecule has 1 amide bonds. The number of nitrogens with one attached hydrogen (secondary N) is 1. The van der Waals surface area contributed by atoms with E-state index in [0.717, 1.165) is 4.47 Å². The Morgan fingerprint density at radius 3 is 2.93 bits per heavy atom. The van der Waals surface area contributed by atoms with E-state index in [1.54, 1.807) is 18.2 Å². The number of benzene rings is 1. The number of carbonyl (C=O) groups is 1. The first-order valence-electron chi connectivity index (χ1n) is 4.20. The molecule has 0 aliphatic rings. The second kappa shape index (κ2) is 5.15. The minimum atomic E-state index is -0.694. The van der Waals surface area contributed by atoms with Gasteiger partial charge in [0.25, 0.3) is 0 Å². The third-order valence-corrected chi connectivity index (χ3v) is 2.60. The van der Waals surface area contributed by atoms with E-state index in [9.17, 15) is 4.79 Å². The molecular formula is C10H8BrClN2O. The lowest BCUT2D eigenvalue weighted by Gasteiger charge is -2.08. The first kappa shape index (κ1) is 12.0. The van der Waals surface area contributed by atoms with Crippen LogP contribution < -0.4 is 5.32 Å². The predicted octanol–water partition coefficient (Wildman–Crippen LogP) is 3.20. The molecule has 0 radical (unpaired) electrons. The fourth-order valence-corrected chi connectivity index (χ4v) is 1.42. The Kier molecular flexibility index (Phi) is 4.13. The summed E-state index contributed by atoms with van der Waals surface area (Å²) in [6.07, 6.45) is 0. The van der Waals surface area contributed by atoms with Gasteiger partial charge < -0.3 is 5.32 Å². The van der Waals surface area contributed by atoms with Crippen molar-refractivity contribution in [2.75, 3.05) is 5.32 Å². The summed E-state index contributed by atoms with van der Waals surface area (Å²) < 4.78 is 0.812. The third kappa shape index (κ3) is 3.22. The van der Waals surface area contributed by atoms with Crippen molar-refractivity contribution >= 4 is 39.1 Å². The quantitative estimate of drug-likeness (QED) is 0.908. The van der Waals surface area contributed by atoms with E-state index in [-0.39, 0.29) is 5.91 Å². The van der Waals surface area contributed by atoms with Gasteiger partial charge in [-0.25, -0.2) is 0 Å². The molecule has 1 aromatic rings. The Morgan fingerprint density at radius 1 is 1.67 bits per heavy atom. The van der Waals surface area contributed by atoms with Crippen molar-refractivity contribution in [1.82, 2.24) is 0 Å². The summed E-state index contributed by atoms with van der Waals surface area (Å²) in [4.78, 5) is 11.4. The summed E-state index contributed by atoms with van der Waals surface area (Å²) in [5, 5.41) is 11.6. The molecule has 0 heterocycles. The van der Waals surface area contributed by atoms with Crippen LogP contribution in [-0.2, 0) is 4.79 Å². The molecule has 3 nitrogen and oxygen atoms in total. The molecule has 0 fully saturated rings. The van der Waals surface area contributed by atoms with Crippen LogP contribution >= 0.6 is 27.5 Å². The first-order chi connectivity index (χ1) is 7.04. The SMILES string of the molecule is CC(C#N)C(=O)Nc1cc(Br)ccc1Cl. The molecule has 15 heavy (non-hydrogen) atoms. The molecule has 0 spiro atoms. The number of rotatable bonds is 2. The van der Waals surface area contributed by atoms with E-state index >= 15 is 0 Å². The van der Waals surface area contributed by atoms with Crippen LogP contribution in [0.2, 0.25) is 5.02 Å². The van der Waals surface area contributed by atoms with Crippen LogP contribution in [0.3, 0.4) is 0 Å². The van der Waals surface area contributed by atoms with E-state index in [1.165, 1.54) is 6.92 Å². The Hall–Kier alpha value is -1.05. The molecule has 0 saturated carbocycles. The Labute approximate surface area is 101 Å². The zero-order valence-electron chi connectivity index (χ0n) is 7.92. The van der Waals surface area contributed by atoms with E-state index in [0.29, 0.717) is 10.7 Å². The molecule has 0 aromatic heterocycles. The van der Waals surface area contributed by atoms with Crippen molar-refractivity contribution in [1.29, 1.82) is 5.26 Å². The topological polar surface area (TPSA) is 52.9 Å². The van der Waals surface area contributed by atoms with Crippen molar-refractivity contribution in [3.63, 3.8) is 0 Å². The van der Waals surface area contributed by atoms with E-state index < -0.39 is 5.92 Å². The minimum Gasteiger partial charge on any atom is -0.324 e. The summed E-state index contributed by atoms with van der Waals surface area (Å²) in [7, 11) is 0. The van der Waals surface area contributed by atoms with Crippen molar-refractivity contribution in [2.45, 2.75) is 6.92 Å². The molecule has 1 atom stereocenters. The second-order valence-electron chi connectivity index (χ2n) is 2.96. The third-order valence-electron chi connectivity index (χ3n) is 1.77. The number of carbonyl (C=O) groups excluding carboxylic acids is 1. The lowest BCUT2D eigenvalue weighted by molar-refractivity contribution is -0.117. The van der Waals surface area contributed by atoms with Crippen molar-refractivity contribution < 1.29 is 4.79 Å². The number of nitriles is 1. The minimum absolute atomic E-state index is 0.363. The maximum Gasteiger partial charge on any atom is 0.241 e. The number of halogens is 2. The standard InChI is InChI=1S/C10H8BrClN2O/c1-6(5-13)10(15)14-9-4-7(11)2-3-8(9)12/h2-4,6H,1H3,(H,14,15). The molecule has 0 aliphatic carbocycles. The van der Waals surface area contributed by atoms with Crippen LogP contribution in [0, 0.1) is 17.2 Å². The van der Waals surface area contributed by atoms with E-state index in [2.05, 4.69) is 21.2 Å². The average Bonchev–Trinajstić information content (AvgIpc) is 2.22. The van der Waals surface area contributed by atoms with Crippen molar-refractivity contribution in [3.05, 3.63) is 27.7 Å². The van der Waals surface area contributed by atoms with Crippen molar-refractivity contribution in [2.24, 2.45) is 5.92 Å². The van der Waals surface area contributed by atoms with Gasteiger partial charge in [-0.05, 0) is 25.1 Å². The summed E-state index contributed by atoms with van der Waals surface area (Å²) in [6, 6.07) is 6.97. The fourth-order valence-electron chi connectivity index (χ4n) is 0.893. The molecule has 0 bridgehead atoms. The van der Waals surface area contributed by atoms with Gasteiger partial charge >= 0.3 is 0 Å². The van der Waals surface area contributed by atoms with Crippen LogP contribution in [0.1, 0.15) is 6.92 Å². The molecule has 78 valence electrons. The highest BCUT2D eigenvalue weighted by Gasteiger charge is 2.13. The molecule has 1 aromatic carbocycles. The summed E-state index contributed by atoms with van der Waals surface area (Å²) >= 11 is 9.14. The molecule has 1 rings (SSSR count). The number of hydrogen-bond acceptors (Lipinski definition) is 2. The zero-order valence-corrected chi connectivity index (χ0v) is 10.3. The van der Waals surface area contributed by atoms with Gasteiger partial charge in [0.15, 0.2) is 0 Å². The van der Waals surface area contributed by atoms with E-state index in [1.807, 2.05) is 6.07 Å². The van der Waals surface area contributed by atoms with Crippen LogP contribution in [0.15, 0.2) is 22.7 Å². The molecule has 0 saturated heterocycles. The highest BCUT2D eigenvalue weighted by Crippen LogP contribution is 2.25. The summed E-state index contributed by atoms with van der Waals surface area (Å²) in [5.41, 5.74) is 0.498. The molecular weight excluding hydrogens is 279 g/mol. The van der Waals surface area contributed by atoms with E-state index in [4.69, 9.17) is 16.9 Å². The first-order valence-corrected chi connectivity index (χ1v) is 5.37. The molecule has 0 aliphatic heterocycles. The number of amides is 1. The maximum atomic E-state index is 11.4. The summed E-state index contributed by atoms with van der Waals surface area (Å²) in [6.45, 7) is 1.53. The van der Waals surface area contributed by atoms with Gasteiger partial charge in [0.2, 0.25) is 5.91 Å². The molecule has 1 N–H and O–H groups in total. The largest absolute Gasteiger partial charge is 0.324 e. The Bertz CT molecular complexity index is 428. The van der Waals surface area contributed by atoms with Crippen LogP contribution in [0.5, 0.6) is 0 Å². The smallest absolute Gasteiger partial charge is 0.241 e. The maximum absolute atomic E-state index is 11.4. The number of hydrogen-bond donors (Lipinski definition) is 1. The average molecular weight is 288 g/mol. The molecule has 1 unspecified atom stereocenters. The van der Waals surface area contributed by atoms with Gasteiger partial charge in [0.05, 0.1) is 16.8 Å². The predicted molar refractivity (Wildman–Crippen MR) is 62.6 cm³/mol. The Balaban J connectivity index is 2.86. The highest BCUT2D eigenvalue weighted by atomic mass is 79.9. The Morgan fingerprint density at radius 2 is 2.33 bits per heavy atom. The lowest BCUT2D eigenvalue weighted by atomic mass is 10.2. The molecule has 5 heteroatoms. The summed E-state index contributed by atoms with van der Waals surface area (Å²) in [5.74, 6) is -1.06. The van der Waals surface area contributed by atoms with Gasteiger partial charge in [-0.2, -0.15) is 5.26 Å². The highest BCUT2D eigenvalue weighted by molar-refractivity contribution is 9.10. The lowest BCUT2D eigenvalue weighted by Crippen LogP contribution is -2.19. The van der Waals surface area contributed by atoms with Crippen molar-refractivity contribution in [3.8, 4) is 6.07 Å². The normalized spacial score (nSPS) is 11.6. The van der Waals surface area contributed by atoms with Crippen LogP contribution in [0.4, 0.5) is 5.69 Å². The zero-order chi connectivity index (χ0) is 11.4. The van der Waals surface area contributed by atoms with Gasteiger partial charge in [-0.1, -0.05) is 27.5 Å². The number of nitrogens with zero attached hydrogens (tertiary/aromatic N) is 1. The monoisotopic (exact) mass is 286 g/mol. The van der Waals surface area contributed by atoms with Crippen LogP contribution in [-0.4, -0.2) is 5.91 Å². The second-order valence-corrected chi connectivity index (χ2v) is 4.29. The number of anilines is 1. The fraction of sp³-hybridized carbons (Fsp3) is 0.200.